The van der Waals surface area contributed by atoms with Crippen molar-refractivity contribution < 1.29 is 4.74 Å². The van der Waals surface area contributed by atoms with Crippen molar-refractivity contribution in [1.29, 1.82) is 0 Å². The molecule has 0 bridgehead atoms. The highest BCUT2D eigenvalue weighted by Gasteiger charge is 1.86. The number of hydrogen-bond acceptors (Lipinski definition) is 1. The smallest absolute Gasteiger partial charge is 0.0351 e. The van der Waals surface area contributed by atoms with Gasteiger partial charge in [0.1, 0.15) is 0 Å². The second kappa shape index (κ2) is 6.38. The second-order valence-corrected chi connectivity index (χ2v) is 3.01. The molecule has 0 N–H and O–H groups in total. The van der Waals surface area contributed by atoms with Crippen molar-refractivity contribution in [2.75, 3.05) is 14.2 Å². The SMILES string of the molecule is COC.Cc1ccccc1Br. The third-order valence-corrected chi connectivity index (χ3v) is 1.97. The highest BCUT2D eigenvalue weighted by Crippen LogP contribution is 2.13. The molecule has 0 aliphatic rings. The predicted octanol–water partition coefficient (Wildman–Crippen LogP) is 3.02. The first-order chi connectivity index (χ1) is 5.22. The molecule has 0 heterocycles. The quantitative estimate of drug-likeness (QED) is 0.649. The molecule has 1 aromatic carbocycles. The first-order valence-corrected chi connectivity index (χ1v) is 4.13. The van der Waals surface area contributed by atoms with Gasteiger partial charge < -0.3 is 4.74 Å². The summed E-state index contributed by atoms with van der Waals surface area (Å²) in [7, 11) is 3.25. The molecule has 62 valence electrons. The van der Waals surface area contributed by atoms with Gasteiger partial charge in [-0.3, -0.25) is 0 Å². The third kappa shape index (κ3) is 4.99. The van der Waals surface area contributed by atoms with E-state index >= 15 is 0 Å². The van der Waals surface area contributed by atoms with E-state index in [2.05, 4.69) is 33.7 Å². The van der Waals surface area contributed by atoms with Crippen LogP contribution in [0.3, 0.4) is 0 Å². The van der Waals surface area contributed by atoms with Crippen LogP contribution in [-0.2, 0) is 4.74 Å². The van der Waals surface area contributed by atoms with Crippen LogP contribution in [0.5, 0.6) is 0 Å². The number of aryl methyl sites for hydroxylation is 1. The number of rotatable bonds is 0. The van der Waals surface area contributed by atoms with E-state index in [1.165, 1.54) is 10.0 Å². The Morgan fingerprint density at radius 3 is 1.91 bits per heavy atom. The van der Waals surface area contributed by atoms with Crippen LogP contribution in [0, 0.1) is 6.92 Å². The zero-order chi connectivity index (χ0) is 8.69. The zero-order valence-electron chi connectivity index (χ0n) is 7.10. The Morgan fingerprint density at radius 2 is 1.64 bits per heavy atom. The molecule has 1 rings (SSSR count). The van der Waals surface area contributed by atoms with Gasteiger partial charge in [-0.2, -0.15) is 0 Å². The lowest BCUT2D eigenvalue weighted by Crippen LogP contribution is -1.69. The lowest BCUT2D eigenvalue weighted by atomic mass is 10.2. The summed E-state index contributed by atoms with van der Waals surface area (Å²) in [6, 6.07) is 8.15. The van der Waals surface area contributed by atoms with Gasteiger partial charge in [0.15, 0.2) is 0 Å². The molecule has 0 aliphatic carbocycles. The number of halogens is 1. The van der Waals surface area contributed by atoms with E-state index < -0.39 is 0 Å². The van der Waals surface area contributed by atoms with Gasteiger partial charge in [0.25, 0.3) is 0 Å². The molecule has 0 unspecified atom stereocenters. The topological polar surface area (TPSA) is 9.23 Å². The van der Waals surface area contributed by atoms with Crippen LogP contribution < -0.4 is 0 Å². The van der Waals surface area contributed by atoms with Gasteiger partial charge in [-0.25, -0.2) is 0 Å². The van der Waals surface area contributed by atoms with Crippen molar-refractivity contribution in [3.05, 3.63) is 34.3 Å². The van der Waals surface area contributed by atoms with Crippen LogP contribution in [0.2, 0.25) is 0 Å². The van der Waals surface area contributed by atoms with E-state index in [0.29, 0.717) is 0 Å². The maximum Gasteiger partial charge on any atom is 0.0351 e. The monoisotopic (exact) mass is 216 g/mol. The van der Waals surface area contributed by atoms with Crippen LogP contribution >= 0.6 is 15.9 Å². The summed E-state index contributed by atoms with van der Waals surface area (Å²) in [6.45, 7) is 2.07. The molecule has 0 radical (unpaired) electrons. The molecule has 0 atom stereocenters. The molecular weight excluding hydrogens is 204 g/mol. The van der Waals surface area contributed by atoms with Crippen molar-refractivity contribution in [1.82, 2.24) is 0 Å². The fourth-order valence-corrected chi connectivity index (χ4v) is 0.836. The maximum atomic E-state index is 4.25. The average molecular weight is 217 g/mol. The molecule has 0 saturated heterocycles. The molecule has 0 amide bonds. The van der Waals surface area contributed by atoms with E-state index in [4.69, 9.17) is 0 Å². The molecule has 1 aromatic rings. The molecule has 0 aliphatic heterocycles. The Bertz CT molecular complexity index is 178. The largest absolute Gasteiger partial charge is 0.388 e. The minimum absolute atomic E-state index is 1.18. The van der Waals surface area contributed by atoms with E-state index in [-0.39, 0.29) is 0 Å². The summed E-state index contributed by atoms with van der Waals surface area (Å²) in [6.07, 6.45) is 0. The van der Waals surface area contributed by atoms with Crippen LogP contribution in [0.1, 0.15) is 5.56 Å². The molecule has 0 spiro atoms. The fourth-order valence-electron chi connectivity index (χ4n) is 0.551. The Labute approximate surface area is 76.5 Å². The number of ether oxygens (including phenoxy) is 1. The lowest BCUT2D eigenvalue weighted by molar-refractivity contribution is 0.277. The van der Waals surface area contributed by atoms with Crippen LogP contribution in [0.15, 0.2) is 28.7 Å². The van der Waals surface area contributed by atoms with Crippen molar-refractivity contribution in [2.45, 2.75) is 6.92 Å². The molecule has 11 heavy (non-hydrogen) atoms. The average Bonchev–Trinajstić information content (AvgIpc) is 1.97. The minimum Gasteiger partial charge on any atom is -0.388 e. The maximum absolute atomic E-state index is 4.25. The van der Waals surface area contributed by atoms with Gasteiger partial charge in [0, 0.05) is 18.7 Å². The summed E-state index contributed by atoms with van der Waals surface area (Å²) in [4.78, 5) is 0. The Kier molecular flexibility index (Phi) is 6.18. The van der Waals surface area contributed by atoms with Gasteiger partial charge in [0.2, 0.25) is 0 Å². The lowest BCUT2D eigenvalue weighted by Gasteiger charge is -1.91. The minimum atomic E-state index is 1.18. The molecule has 0 fully saturated rings. The molecule has 2 heteroatoms. The van der Waals surface area contributed by atoms with Crippen molar-refractivity contribution in [3.63, 3.8) is 0 Å². The number of hydrogen-bond donors (Lipinski definition) is 0. The molecule has 0 saturated carbocycles. The molecular formula is C9H13BrO. The van der Waals surface area contributed by atoms with E-state index in [9.17, 15) is 0 Å². The third-order valence-electron chi connectivity index (χ3n) is 1.08. The summed E-state index contributed by atoms with van der Waals surface area (Å²) in [5.74, 6) is 0. The van der Waals surface area contributed by atoms with Crippen LogP contribution in [0.25, 0.3) is 0 Å². The van der Waals surface area contributed by atoms with Gasteiger partial charge in [-0.15, -0.1) is 0 Å². The normalized spacial score (nSPS) is 8.36. The fraction of sp³-hybridized carbons (Fsp3) is 0.333. The van der Waals surface area contributed by atoms with Gasteiger partial charge in [0.05, 0.1) is 0 Å². The molecule has 1 nitrogen and oxygen atoms in total. The number of benzene rings is 1. The highest BCUT2D eigenvalue weighted by molar-refractivity contribution is 9.10. The second-order valence-electron chi connectivity index (χ2n) is 2.16. The Morgan fingerprint density at radius 1 is 1.18 bits per heavy atom. The summed E-state index contributed by atoms with van der Waals surface area (Å²) < 4.78 is 5.43. The van der Waals surface area contributed by atoms with Crippen molar-refractivity contribution >= 4 is 15.9 Å². The predicted molar refractivity (Wildman–Crippen MR) is 51.8 cm³/mol. The van der Waals surface area contributed by atoms with E-state index in [1.807, 2.05) is 18.2 Å². The summed E-state index contributed by atoms with van der Waals surface area (Å²) >= 11 is 3.40. The summed E-state index contributed by atoms with van der Waals surface area (Å²) in [5, 5.41) is 0. The molecule has 0 aromatic heterocycles. The first kappa shape index (κ1) is 10.7. The van der Waals surface area contributed by atoms with E-state index in [0.717, 1.165) is 0 Å². The number of methoxy groups -OCH3 is 1. The van der Waals surface area contributed by atoms with E-state index in [1.54, 1.807) is 14.2 Å². The van der Waals surface area contributed by atoms with Crippen LogP contribution in [0.4, 0.5) is 0 Å². The first-order valence-electron chi connectivity index (χ1n) is 3.33. The van der Waals surface area contributed by atoms with Crippen molar-refractivity contribution in [3.8, 4) is 0 Å². The standard InChI is InChI=1S/C7H7Br.C2H6O/c1-6-4-2-3-5-7(6)8;1-3-2/h2-5H,1H3;1-2H3. The van der Waals surface area contributed by atoms with Crippen molar-refractivity contribution in [2.24, 2.45) is 0 Å². The summed E-state index contributed by atoms with van der Waals surface area (Å²) in [5.41, 5.74) is 1.28. The zero-order valence-corrected chi connectivity index (χ0v) is 8.68. The highest BCUT2D eigenvalue weighted by atomic mass is 79.9. The van der Waals surface area contributed by atoms with Gasteiger partial charge >= 0.3 is 0 Å². The van der Waals surface area contributed by atoms with Gasteiger partial charge in [-0.05, 0) is 18.6 Å². The van der Waals surface area contributed by atoms with Crippen LogP contribution in [-0.4, -0.2) is 14.2 Å². The Balaban J connectivity index is 0.000000292. The Hall–Kier alpha value is -0.340. The van der Waals surface area contributed by atoms with Gasteiger partial charge in [-0.1, -0.05) is 34.1 Å².